The van der Waals surface area contributed by atoms with Crippen LogP contribution in [-0.2, 0) is 9.59 Å². The molecule has 2 fully saturated rings. The average Bonchev–Trinajstić information content (AvgIpc) is 3.45. The molecular weight excluding hydrogens is 444 g/mol. The van der Waals surface area contributed by atoms with Crippen molar-refractivity contribution in [1.29, 1.82) is 5.26 Å². The molecule has 1 atom stereocenters. The van der Waals surface area contributed by atoms with Crippen molar-refractivity contribution in [2.45, 2.75) is 75.3 Å². The van der Waals surface area contributed by atoms with Gasteiger partial charge in [0.1, 0.15) is 23.1 Å². The summed E-state index contributed by atoms with van der Waals surface area (Å²) in [4.78, 5) is 26.3. The van der Waals surface area contributed by atoms with E-state index >= 15 is 8.78 Å². The molecule has 11 heteroatoms. The summed E-state index contributed by atoms with van der Waals surface area (Å²) in [6.07, 6.45) is 2.18. The van der Waals surface area contributed by atoms with E-state index < -0.39 is 41.0 Å². The average molecular weight is 468 g/mol. The van der Waals surface area contributed by atoms with Crippen molar-refractivity contribution in [2.75, 3.05) is 0 Å². The third kappa shape index (κ3) is 3.85. The Morgan fingerprint density at radius 3 is 2.33 bits per heavy atom. The monoisotopic (exact) mass is 468 g/mol. The molecule has 33 heavy (non-hydrogen) atoms. The van der Waals surface area contributed by atoms with E-state index in [9.17, 15) is 28.7 Å². The van der Waals surface area contributed by atoms with Gasteiger partial charge in [0, 0.05) is 31.0 Å². The number of fused-ring (bicyclic) bond motifs is 1. The summed E-state index contributed by atoms with van der Waals surface area (Å²) in [6.45, 7) is 0.644. The number of carbonyl (C=O) groups excluding carboxylic acids is 1. The first-order valence-corrected chi connectivity index (χ1v) is 10.8. The molecule has 2 aliphatic carbocycles. The Bertz CT molecular complexity index is 1020. The number of nitrogens with zero attached hydrogens (tertiary/aromatic N) is 3. The smallest absolute Gasteiger partial charge is 0.329 e. The van der Waals surface area contributed by atoms with E-state index in [0.29, 0.717) is 6.92 Å². The van der Waals surface area contributed by atoms with Crippen molar-refractivity contribution in [1.82, 2.24) is 9.80 Å². The molecule has 2 saturated carbocycles. The number of rotatable bonds is 6. The molecule has 4 aliphatic rings. The lowest BCUT2D eigenvalue weighted by Crippen LogP contribution is -2.46. The van der Waals surface area contributed by atoms with Gasteiger partial charge in [-0.15, -0.1) is 0 Å². The van der Waals surface area contributed by atoms with Crippen molar-refractivity contribution >= 4 is 11.9 Å². The van der Waals surface area contributed by atoms with Crippen LogP contribution in [0.15, 0.2) is 34.9 Å². The van der Waals surface area contributed by atoms with E-state index in [0.717, 1.165) is 4.90 Å². The minimum Gasteiger partial charge on any atom is -0.479 e. The molecule has 178 valence electrons. The Morgan fingerprint density at radius 1 is 1.27 bits per heavy atom. The first-order chi connectivity index (χ1) is 15.3. The third-order valence-electron chi connectivity index (χ3n) is 6.86. The highest BCUT2D eigenvalue weighted by Gasteiger charge is 2.63. The topological polar surface area (TPSA) is 111 Å². The lowest BCUT2D eigenvalue weighted by atomic mass is 9.83. The Hall–Kier alpha value is -3.03. The Balaban J connectivity index is 1.85. The Kier molecular flexibility index (Phi) is 5.26. The number of primary amides is 1. The van der Waals surface area contributed by atoms with Gasteiger partial charge in [0.05, 0.1) is 6.07 Å². The standard InChI is InChI=1S/C22H24F4N4O3/c1-20(23,24)17-15(8-12-2-4-22(25,26)5-3-12)29-14(11-27)9-13(18(28)31)10-16(29)30(17)21(6-7-21)19(32)33/h9-10,12,14H,2-8H2,1H3,(H2,28,31)(H,32,33). The number of hydrogen-bond acceptors (Lipinski definition) is 5. The number of allylic oxidation sites excluding steroid dienone is 2. The molecule has 4 rings (SSSR count). The first-order valence-electron chi connectivity index (χ1n) is 10.8. The molecule has 7 nitrogen and oxygen atoms in total. The van der Waals surface area contributed by atoms with Gasteiger partial charge >= 0.3 is 5.97 Å². The van der Waals surface area contributed by atoms with E-state index in [4.69, 9.17) is 5.73 Å². The number of halogens is 4. The van der Waals surface area contributed by atoms with Gasteiger partial charge in [0.15, 0.2) is 0 Å². The summed E-state index contributed by atoms with van der Waals surface area (Å²) >= 11 is 0. The molecular formula is C22H24F4N4O3. The molecule has 1 amide bonds. The van der Waals surface area contributed by atoms with Crippen LogP contribution in [0.5, 0.6) is 0 Å². The minimum atomic E-state index is -3.50. The molecule has 0 saturated heterocycles. The zero-order valence-electron chi connectivity index (χ0n) is 18.0. The molecule has 0 aromatic rings. The predicted octanol–water partition coefficient (Wildman–Crippen LogP) is 3.46. The zero-order chi connectivity index (χ0) is 24.3. The van der Waals surface area contributed by atoms with Crippen LogP contribution < -0.4 is 5.73 Å². The maximum Gasteiger partial charge on any atom is 0.329 e. The molecule has 0 bridgehead atoms. The van der Waals surface area contributed by atoms with Gasteiger partial charge in [-0.1, -0.05) is 0 Å². The molecule has 0 spiro atoms. The highest BCUT2D eigenvalue weighted by atomic mass is 19.3. The number of carbonyl (C=O) groups is 2. The van der Waals surface area contributed by atoms with Crippen LogP contribution in [0, 0.1) is 17.2 Å². The zero-order valence-corrected chi connectivity index (χ0v) is 18.0. The van der Waals surface area contributed by atoms with Crippen LogP contribution in [0.3, 0.4) is 0 Å². The molecule has 2 aliphatic heterocycles. The Morgan fingerprint density at radius 2 is 1.88 bits per heavy atom. The first kappa shape index (κ1) is 23.1. The van der Waals surface area contributed by atoms with Gasteiger partial charge in [-0.2, -0.15) is 14.0 Å². The van der Waals surface area contributed by atoms with Gasteiger partial charge < -0.3 is 20.6 Å². The maximum atomic E-state index is 15.1. The summed E-state index contributed by atoms with van der Waals surface area (Å²) in [5.74, 6) is -8.83. The van der Waals surface area contributed by atoms with Gasteiger partial charge in [0.25, 0.3) is 5.92 Å². The molecule has 0 radical (unpaired) electrons. The fraction of sp³-hybridized carbons (Fsp3) is 0.591. The summed E-state index contributed by atoms with van der Waals surface area (Å²) in [7, 11) is 0. The van der Waals surface area contributed by atoms with Crippen molar-refractivity contribution in [3.8, 4) is 6.07 Å². The van der Waals surface area contributed by atoms with E-state index in [2.05, 4.69) is 0 Å². The lowest BCUT2D eigenvalue weighted by molar-refractivity contribution is -0.144. The number of alkyl halides is 4. The molecule has 0 aromatic carbocycles. The number of aliphatic carboxylic acids is 1. The quantitative estimate of drug-likeness (QED) is 0.578. The summed E-state index contributed by atoms with van der Waals surface area (Å²) < 4.78 is 57.5. The second kappa shape index (κ2) is 7.50. The van der Waals surface area contributed by atoms with Crippen LogP contribution in [0.2, 0.25) is 0 Å². The summed E-state index contributed by atoms with van der Waals surface area (Å²) in [5, 5.41) is 19.7. The van der Waals surface area contributed by atoms with Gasteiger partial charge in [-0.05, 0) is 50.2 Å². The third-order valence-corrected chi connectivity index (χ3v) is 6.86. The number of nitrogens with two attached hydrogens (primary N) is 1. The van der Waals surface area contributed by atoms with Crippen molar-refractivity contribution < 1.29 is 32.3 Å². The molecule has 2 heterocycles. The molecule has 3 N–H and O–H groups in total. The largest absolute Gasteiger partial charge is 0.479 e. The highest BCUT2D eigenvalue weighted by molar-refractivity contribution is 5.95. The van der Waals surface area contributed by atoms with Crippen molar-refractivity contribution in [2.24, 2.45) is 11.7 Å². The van der Waals surface area contributed by atoms with E-state index in [1.54, 1.807) is 0 Å². The SMILES string of the molecule is CC(F)(F)C1=C(CC2CCC(F)(F)CC2)N2C(=CC(C(N)=O)=CC2C#N)N1C1(C(=O)O)CC1. The fourth-order valence-corrected chi connectivity index (χ4v) is 5.04. The number of amides is 1. The summed E-state index contributed by atoms with van der Waals surface area (Å²) in [5.41, 5.74) is 3.12. The van der Waals surface area contributed by atoms with Crippen LogP contribution in [0.1, 0.15) is 51.9 Å². The highest BCUT2D eigenvalue weighted by Crippen LogP contribution is 2.56. The predicted molar refractivity (Wildman–Crippen MR) is 107 cm³/mol. The van der Waals surface area contributed by atoms with E-state index in [1.165, 1.54) is 17.1 Å². The Labute approximate surface area is 187 Å². The van der Waals surface area contributed by atoms with Gasteiger partial charge in [-0.25, -0.2) is 13.6 Å². The maximum absolute atomic E-state index is 15.1. The number of hydrogen-bond donors (Lipinski definition) is 2. The molecule has 0 aromatic heterocycles. The van der Waals surface area contributed by atoms with Crippen molar-refractivity contribution in [3.05, 3.63) is 34.9 Å². The summed E-state index contributed by atoms with van der Waals surface area (Å²) in [6, 6.07) is 0.781. The number of carboxylic acid groups (broad SMARTS) is 1. The van der Waals surface area contributed by atoms with Crippen LogP contribution in [0.4, 0.5) is 17.6 Å². The fourth-order valence-electron chi connectivity index (χ4n) is 5.04. The number of nitriles is 1. The van der Waals surface area contributed by atoms with Gasteiger partial charge in [0.2, 0.25) is 11.8 Å². The molecule has 1 unspecified atom stereocenters. The second-order valence-corrected chi connectivity index (χ2v) is 9.29. The second-order valence-electron chi connectivity index (χ2n) is 9.29. The van der Waals surface area contributed by atoms with E-state index in [-0.39, 0.29) is 68.0 Å². The minimum absolute atomic E-state index is 0.0176. The van der Waals surface area contributed by atoms with Crippen LogP contribution in [0.25, 0.3) is 0 Å². The van der Waals surface area contributed by atoms with E-state index in [1.807, 2.05) is 6.07 Å². The normalized spacial score (nSPS) is 26.4. The van der Waals surface area contributed by atoms with Crippen LogP contribution >= 0.6 is 0 Å². The number of carboxylic acids is 1. The lowest BCUT2D eigenvalue weighted by Gasteiger charge is -2.36. The van der Waals surface area contributed by atoms with Crippen molar-refractivity contribution in [3.63, 3.8) is 0 Å². The van der Waals surface area contributed by atoms with Crippen LogP contribution in [-0.4, -0.2) is 50.2 Å². The van der Waals surface area contributed by atoms with Gasteiger partial charge in [-0.3, -0.25) is 4.79 Å².